The van der Waals surface area contributed by atoms with Gasteiger partial charge < -0.3 is 8.83 Å². The largest absolute Gasteiger partial charge is 0.457 e. The van der Waals surface area contributed by atoms with Crippen molar-refractivity contribution in [3.8, 4) is 0 Å². The molecular weight excluding hydrogens is 378 g/mol. The highest BCUT2D eigenvalue weighted by molar-refractivity contribution is 9.10. The second kappa shape index (κ2) is 4.68. The van der Waals surface area contributed by atoms with E-state index in [1.54, 1.807) is 13.3 Å². The molecule has 0 aliphatic carbocycles. The predicted molar refractivity (Wildman–Crippen MR) is 78.6 cm³/mol. The number of aromatic nitrogens is 1. The molecule has 1 unspecified atom stereocenters. The summed E-state index contributed by atoms with van der Waals surface area (Å²) in [4.78, 5) is 11.4. The fraction of sp³-hybridized carbons (Fsp3) is 0.154. The Morgan fingerprint density at radius 1 is 1.32 bits per heavy atom. The molecule has 3 rings (SSSR count). The van der Waals surface area contributed by atoms with E-state index in [-0.39, 0.29) is 10.6 Å². The molecule has 0 aliphatic heterocycles. The van der Waals surface area contributed by atoms with Crippen LogP contribution in [0.5, 0.6) is 0 Å². The van der Waals surface area contributed by atoms with E-state index in [2.05, 4.69) is 31.9 Å². The highest BCUT2D eigenvalue weighted by Gasteiger charge is 2.17. The third kappa shape index (κ3) is 2.08. The van der Waals surface area contributed by atoms with Crippen LogP contribution in [-0.4, -0.2) is 4.57 Å². The molecule has 98 valence electrons. The summed E-state index contributed by atoms with van der Waals surface area (Å²) in [5, 5.41) is 0. The molecule has 2 heterocycles. The number of halogens is 2. The van der Waals surface area contributed by atoms with Gasteiger partial charge in [0.05, 0.1) is 16.6 Å². The summed E-state index contributed by atoms with van der Waals surface area (Å²) in [6, 6.07) is 7.57. The van der Waals surface area contributed by atoms with Gasteiger partial charge in [-0.1, -0.05) is 22.0 Å². The molecule has 4 nitrogen and oxygen atoms in total. The van der Waals surface area contributed by atoms with E-state index in [0.29, 0.717) is 10.3 Å². The lowest BCUT2D eigenvalue weighted by molar-refractivity contribution is 0.527. The summed E-state index contributed by atoms with van der Waals surface area (Å²) < 4.78 is 12.6. The molecule has 0 saturated heterocycles. The van der Waals surface area contributed by atoms with Crippen LogP contribution < -0.4 is 5.76 Å². The molecule has 3 aromatic rings. The molecule has 0 spiro atoms. The quantitative estimate of drug-likeness (QED) is 0.626. The Kier molecular flexibility index (Phi) is 3.14. The van der Waals surface area contributed by atoms with Gasteiger partial charge in [-0.05, 0) is 39.7 Å². The highest BCUT2D eigenvalue weighted by atomic mass is 79.9. The Bertz CT molecular complexity index is 800. The smallest absolute Gasteiger partial charge is 0.419 e. The molecule has 0 N–H and O–H groups in total. The van der Waals surface area contributed by atoms with Gasteiger partial charge in [0.25, 0.3) is 0 Å². The monoisotopic (exact) mass is 385 g/mol. The van der Waals surface area contributed by atoms with Gasteiger partial charge in [0.1, 0.15) is 0 Å². The van der Waals surface area contributed by atoms with E-state index in [1.165, 1.54) is 4.57 Å². The lowest BCUT2D eigenvalue weighted by Gasteiger charge is -2.08. The molecule has 2 aromatic heterocycles. The maximum absolute atomic E-state index is 11.5. The number of benzene rings is 1. The molecule has 6 heteroatoms. The average Bonchev–Trinajstić information content (AvgIpc) is 2.93. The van der Waals surface area contributed by atoms with Crippen LogP contribution in [0, 0.1) is 0 Å². The summed E-state index contributed by atoms with van der Waals surface area (Å²) in [6.45, 7) is 0. The first kappa shape index (κ1) is 12.7. The van der Waals surface area contributed by atoms with Gasteiger partial charge >= 0.3 is 5.76 Å². The molecule has 1 atom stereocenters. The number of aryl methyl sites for hydroxylation is 1. The molecule has 0 saturated carbocycles. The second-order valence-electron chi connectivity index (χ2n) is 4.17. The van der Waals surface area contributed by atoms with Crippen molar-refractivity contribution in [2.75, 3.05) is 0 Å². The van der Waals surface area contributed by atoms with Crippen molar-refractivity contribution in [3.63, 3.8) is 0 Å². The highest BCUT2D eigenvalue weighted by Crippen LogP contribution is 2.36. The summed E-state index contributed by atoms with van der Waals surface area (Å²) >= 11 is 6.97. The second-order valence-corrected chi connectivity index (χ2v) is 5.80. The number of alkyl halides is 1. The van der Waals surface area contributed by atoms with Crippen molar-refractivity contribution in [2.45, 2.75) is 4.83 Å². The fourth-order valence-corrected chi connectivity index (χ4v) is 3.39. The van der Waals surface area contributed by atoms with E-state index in [1.807, 2.05) is 24.3 Å². The minimum absolute atomic E-state index is 0.0319. The minimum Gasteiger partial charge on any atom is -0.457 e. The molecule has 0 amide bonds. The normalized spacial score (nSPS) is 13.0. The van der Waals surface area contributed by atoms with Gasteiger partial charge in [0, 0.05) is 12.6 Å². The van der Waals surface area contributed by atoms with Crippen molar-refractivity contribution in [3.05, 3.63) is 56.9 Å². The molecule has 19 heavy (non-hydrogen) atoms. The van der Waals surface area contributed by atoms with Crippen molar-refractivity contribution >= 4 is 43.0 Å². The van der Waals surface area contributed by atoms with E-state index < -0.39 is 0 Å². The predicted octanol–water partition coefficient (Wildman–Crippen LogP) is 3.97. The van der Waals surface area contributed by atoms with E-state index >= 15 is 0 Å². The van der Waals surface area contributed by atoms with Crippen LogP contribution in [0.3, 0.4) is 0 Å². The maximum Gasteiger partial charge on any atom is 0.419 e. The van der Waals surface area contributed by atoms with Crippen LogP contribution in [0.15, 0.2) is 48.8 Å². The molecule has 0 bridgehead atoms. The van der Waals surface area contributed by atoms with Crippen LogP contribution in [0.4, 0.5) is 0 Å². The number of nitrogens with zero attached hydrogens (tertiary/aromatic N) is 1. The van der Waals surface area contributed by atoms with Crippen molar-refractivity contribution < 1.29 is 8.83 Å². The Labute approximate surface area is 125 Å². The Morgan fingerprint density at radius 2 is 2.11 bits per heavy atom. The summed E-state index contributed by atoms with van der Waals surface area (Å²) in [6.07, 6.45) is 1.62. The Hall–Kier alpha value is -1.27. The zero-order valence-electron chi connectivity index (χ0n) is 9.89. The number of oxazole rings is 1. The van der Waals surface area contributed by atoms with Gasteiger partial charge in [0.2, 0.25) is 0 Å². The van der Waals surface area contributed by atoms with Crippen molar-refractivity contribution in [1.82, 2.24) is 4.57 Å². The van der Waals surface area contributed by atoms with Crippen LogP contribution >= 0.6 is 31.9 Å². The fourth-order valence-electron chi connectivity index (χ4n) is 1.97. The zero-order chi connectivity index (χ0) is 13.6. The summed E-state index contributed by atoms with van der Waals surface area (Å²) in [5.74, 6) is -0.359. The van der Waals surface area contributed by atoms with Gasteiger partial charge in [-0.25, -0.2) is 4.79 Å². The van der Waals surface area contributed by atoms with Gasteiger partial charge in [-0.15, -0.1) is 0 Å². The zero-order valence-corrected chi connectivity index (χ0v) is 13.1. The third-order valence-electron chi connectivity index (χ3n) is 3.03. The van der Waals surface area contributed by atoms with Crippen molar-refractivity contribution in [2.24, 2.45) is 7.05 Å². The van der Waals surface area contributed by atoms with Crippen LogP contribution in [0.25, 0.3) is 11.1 Å². The lowest BCUT2D eigenvalue weighted by atomic mass is 10.1. The molecule has 0 aliphatic rings. The maximum atomic E-state index is 11.5. The third-order valence-corrected chi connectivity index (χ3v) is 4.69. The molecular formula is C13H9Br2NO3. The Morgan fingerprint density at radius 3 is 2.79 bits per heavy atom. The minimum atomic E-state index is -0.359. The van der Waals surface area contributed by atoms with Crippen LogP contribution in [0.2, 0.25) is 0 Å². The molecule has 0 fully saturated rings. The first-order chi connectivity index (χ1) is 9.08. The summed E-state index contributed by atoms with van der Waals surface area (Å²) in [5.41, 5.74) is 3.33. The van der Waals surface area contributed by atoms with E-state index in [4.69, 9.17) is 8.83 Å². The molecule has 0 radical (unpaired) electrons. The van der Waals surface area contributed by atoms with E-state index in [9.17, 15) is 4.79 Å². The number of hydrogen-bond donors (Lipinski definition) is 0. The van der Waals surface area contributed by atoms with Gasteiger partial charge in [0.15, 0.2) is 10.3 Å². The SMILES string of the molecule is Cn1c(=O)oc2cc(C(Br)c3ccoc3Br)ccc21. The number of fused-ring (bicyclic) bond motifs is 1. The molecule has 1 aromatic carbocycles. The van der Waals surface area contributed by atoms with Gasteiger partial charge in [-0.2, -0.15) is 0 Å². The Balaban J connectivity index is 2.11. The first-order valence-corrected chi connectivity index (χ1v) is 7.25. The van der Waals surface area contributed by atoms with E-state index in [0.717, 1.165) is 16.6 Å². The summed E-state index contributed by atoms with van der Waals surface area (Å²) in [7, 11) is 1.69. The topological polar surface area (TPSA) is 48.3 Å². The van der Waals surface area contributed by atoms with Gasteiger partial charge in [-0.3, -0.25) is 4.57 Å². The van der Waals surface area contributed by atoms with Crippen molar-refractivity contribution in [1.29, 1.82) is 0 Å². The van der Waals surface area contributed by atoms with Crippen LogP contribution in [0.1, 0.15) is 16.0 Å². The number of furan rings is 1. The first-order valence-electron chi connectivity index (χ1n) is 5.54. The average molecular weight is 387 g/mol. The lowest BCUT2D eigenvalue weighted by Crippen LogP contribution is -2.08. The van der Waals surface area contributed by atoms with Crippen LogP contribution in [-0.2, 0) is 7.05 Å². The number of hydrogen-bond acceptors (Lipinski definition) is 3. The number of rotatable bonds is 2. The standard InChI is InChI=1S/C13H9Br2NO3/c1-16-9-3-2-7(6-10(9)19-13(16)17)11(14)8-4-5-18-12(8)15/h2-6,11H,1H3.